The monoisotopic (exact) mass is 283 g/mol. The summed E-state index contributed by atoms with van der Waals surface area (Å²) in [6.07, 6.45) is 15.7. The van der Waals surface area contributed by atoms with Gasteiger partial charge in [0.1, 0.15) is 0 Å². The highest BCUT2D eigenvalue weighted by molar-refractivity contribution is 4.79. The van der Waals surface area contributed by atoms with E-state index in [1.165, 1.54) is 70.6 Å². The lowest BCUT2D eigenvalue weighted by Gasteiger charge is -2.34. The molecule has 0 rings (SSSR count). The van der Waals surface area contributed by atoms with E-state index in [0.29, 0.717) is 5.41 Å². The normalized spacial score (nSPS) is 14.7. The third kappa shape index (κ3) is 9.80. The van der Waals surface area contributed by atoms with Gasteiger partial charge in [0.2, 0.25) is 0 Å². The maximum atomic E-state index is 3.38. The summed E-state index contributed by atoms with van der Waals surface area (Å²) in [5.41, 5.74) is 0.481. The highest BCUT2D eigenvalue weighted by atomic mass is 14.8. The van der Waals surface area contributed by atoms with Crippen molar-refractivity contribution in [3.05, 3.63) is 0 Å². The van der Waals surface area contributed by atoms with Crippen molar-refractivity contribution in [2.24, 2.45) is 11.3 Å². The van der Waals surface area contributed by atoms with Gasteiger partial charge in [0.05, 0.1) is 0 Å². The molecule has 0 fully saturated rings. The summed E-state index contributed by atoms with van der Waals surface area (Å²) in [6, 6.07) is 0. The molecule has 1 nitrogen and oxygen atoms in total. The third-order valence-electron chi connectivity index (χ3n) is 5.08. The molecule has 0 heterocycles. The van der Waals surface area contributed by atoms with Crippen molar-refractivity contribution in [1.29, 1.82) is 0 Å². The van der Waals surface area contributed by atoms with Crippen LogP contribution in [0.1, 0.15) is 98.3 Å². The second kappa shape index (κ2) is 12.7. The number of rotatable bonds is 14. The van der Waals surface area contributed by atoms with E-state index in [2.05, 4.69) is 40.1 Å². The minimum absolute atomic E-state index is 0.481. The zero-order valence-corrected chi connectivity index (χ0v) is 15.1. The van der Waals surface area contributed by atoms with Crippen LogP contribution in [-0.4, -0.2) is 13.6 Å². The molecule has 0 aromatic heterocycles. The van der Waals surface area contributed by atoms with Gasteiger partial charge in [-0.05, 0) is 24.8 Å². The minimum Gasteiger partial charge on any atom is -0.319 e. The van der Waals surface area contributed by atoms with Gasteiger partial charge in [0.25, 0.3) is 0 Å². The van der Waals surface area contributed by atoms with E-state index in [-0.39, 0.29) is 0 Å². The van der Waals surface area contributed by atoms with Crippen LogP contribution in [0.4, 0.5) is 0 Å². The average Bonchev–Trinajstić information content (AvgIpc) is 2.41. The van der Waals surface area contributed by atoms with E-state index in [1.54, 1.807) is 0 Å². The van der Waals surface area contributed by atoms with E-state index in [0.717, 1.165) is 12.5 Å². The number of hydrogen-bond donors (Lipinski definition) is 1. The van der Waals surface area contributed by atoms with Gasteiger partial charge in [-0.15, -0.1) is 0 Å². The van der Waals surface area contributed by atoms with Gasteiger partial charge in [0, 0.05) is 6.54 Å². The molecule has 0 radical (unpaired) electrons. The van der Waals surface area contributed by atoms with E-state index >= 15 is 0 Å². The Morgan fingerprint density at radius 3 is 1.65 bits per heavy atom. The molecule has 122 valence electrons. The van der Waals surface area contributed by atoms with Gasteiger partial charge >= 0.3 is 0 Å². The van der Waals surface area contributed by atoms with Crippen LogP contribution in [0.25, 0.3) is 0 Å². The average molecular weight is 284 g/mol. The first kappa shape index (κ1) is 20.0. The number of unbranched alkanes of at least 4 members (excludes halogenated alkanes) is 9. The maximum Gasteiger partial charge on any atom is 0.000461 e. The first-order valence-electron chi connectivity index (χ1n) is 9.21. The summed E-state index contributed by atoms with van der Waals surface area (Å²) < 4.78 is 0. The van der Waals surface area contributed by atoms with Crippen molar-refractivity contribution in [1.82, 2.24) is 5.32 Å². The van der Waals surface area contributed by atoms with Gasteiger partial charge in [0.15, 0.2) is 0 Å². The summed E-state index contributed by atoms with van der Waals surface area (Å²) in [7, 11) is 2.08. The van der Waals surface area contributed by atoms with E-state index in [9.17, 15) is 0 Å². The fraction of sp³-hybridized carbons (Fsp3) is 1.00. The van der Waals surface area contributed by atoms with Crippen molar-refractivity contribution in [2.75, 3.05) is 13.6 Å². The molecule has 1 atom stereocenters. The summed E-state index contributed by atoms with van der Waals surface area (Å²) in [5, 5.41) is 3.38. The summed E-state index contributed by atoms with van der Waals surface area (Å²) in [4.78, 5) is 0. The molecule has 1 unspecified atom stereocenters. The summed E-state index contributed by atoms with van der Waals surface area (Å²) in [5.74, 6) is 0.772. The molecule has 0 saturated heterocycles. The smallest absolute Gasteiger partial charge is 0.000461 e. The predicted molar refractivity (Wildman–Crippen MR) is 93.3 cm³/mol. The van der Waals surface area contributed by atoms with Gasteiger partial charge in [-0.2, -0.15) is 0 Å². The molecule has 0 saturated carbocycles. The van der Waals surface area contributed by atoms with Crippen LogP contribution >= 0.6 is 0 Å². The van der Waals surface area contributed by atoms with Crippen LogP contribution in [0, 0.1) is 11.3 Å². The van der Waals surface area contributed by atoms with Crippen molar-refractivity contribution in [3.8, 4) is 0 Å². The van der Waals surface area contributed by atoms with Gasteiger partial charge in [-0.25, -0.2) is 0 Å². The van der Waals surface area contributed by atoms with Crippen LogP contribution in [0.2, 0.25) is 0 Å². The molecule has 0 aromatic carbocycles. The molecule has 0 bridgehead atoms. The number of hydrogen-bond acceptors (Lipinski definition) is 1. The minimum atomic E-state index is 0.481. The Kier molecular flexibility index (Phi) is 12.7. The Morgan fingerprint density at radius 2 is 1.25 bits per heavy atom. The Bertz CT molecular complexity index is 200. The quantitative estimate of drug-likeness (QED) is 0.375. The molecular formula is C19H41N. The fourth-order valence-corrected chi connectivity index (χ4v) is 3.00. The molecule has 0 aliphatic rings. The summed E-state index contributed by atoms with van der Waals surface area (Å²) >= 11 is 0. The van der Waals surface area contributed by atoms with Crippen LogP contribution in [0.3, 0.4) is 0 Å². The van der Waals surface area contributed by atoms with Crippen molar-refractivity contribution in [2.45, 2.75) is 98.3 Å². The zero-order valence-electron chi connectivity index (χ0n) is 15.1. The van der Waals surface area contributed by atoms with E-state index < -0.39 is 0 Å². The Hall–Kier alpha value is -0.0400. The Labute approximate surface area is 129 Å². The summed E-state index contributed by atoms with van der Waals surface area (Å²) in [6.45, 7) is 10.6. The highest BCUT2D eigenvalue weighted by Crippen LogP contribution is 2.32. The highest BCUT2D eigenvalue weighted by Gasteiger charge is 2.26. The molecular weight excluding hydrogens is 242 g/mol. The van der Waals surface area contributed by atoms with Crippen LogP contribution in [0.15, 0.2) is 0 Å². The van der Waals surface area contributed by atoms with Crippen LogP contribution in [-0.2, 0) is 0 Å². The first-order valence-corrected chi connectivity index (χ1v) is 9.21. The van der Waals surface area contributed by atoms with E-state index in [4.69, 9.17) is 0 Å². The second-order valence-corrected chi connectivity index (χ2v) is 7.27. The van der Waals surface area contributed by atoms with Gasteiger partial charge < -0.3 is 5.32 Å². The third-order valence-corrected chi connectivity index (χ3v) is 5.08. The predicted octanol–water partition coefficient (Wildman–Crippen LogP) is 6.18. The Balaban J connectivity index is 3.46. The SMILES string of the molecule is CCCCCCCCCCCCC(C)(CNC)C(C)C. The van der Waals surface area contributed by atoms with Gasteiger partial charge in [-0.3, -0.25) is 0 Å². The molecule has 20 heavy (non-hydrogen) atoms. The molecule has 0 spiro atoms. The molecule has 1 heteroatoms. The first-order chi connectivity index (χ1) is 9.56. The van der Waals surface area contributed by atoms with Crippen LogP contribution < -0.4 is 5.32 Å². The van der Waals surface area contributed by atoms with E-state index in [1.807, 2.05) is 0 Å². The lowest BCUT2D eigenvalue weighted by Crippen LogP contribution is -2.34. The lowest BCUT2D eigenvalue weighted by atomic mass is 9.75. The van der Waals surface area contributed by atoms with Gasteiger partial charge in [-0.1, -0.05) is 91.9 Å². The second-order valence-electron chi connectivity index (χ2n) is 7.27. The maximum absolute atomic E-state index is 3.38. The topological polar surface area (TPSA) is 12.0 Å². The van der Waals surface area contributed by atoms with Crippen LogP contribution in [0.5, 0.6) is 0 Å². The Morgan fingerprint density at radius 1 is 0.800 bits per heavy atom. The zero-order chi connectivity index (χ0) is 15.3. The lowest BCUT2D eigenvalue weighted by molar-refractivity contribution is 0.189. The number of nitrogens with one attached hydrogen (secondary N) is 1. The molecule has 1 N–H and O–H groups in total. The molecule has 0 aliphatic heterocycles. The van der Waals surface area contributed by atoms with Crippen molar-refractivity contribution in [3.63, 3.8) is 0 Å². The van der Waals surface area contributed by atoms with Crippen molar-refractivity contribution >= 4 is 0 Å². The molecule has 0 aromatic rings. The molecule has 0 amide bonds. The largest absolute Gasteiger partial charge is 0.319 e. The standard InChI is InChI=1S/C19H41N/c1-6-7-8-9-10-11-12-13-14-15-16-19(4,17-20-5)18(2)3/h18,20H,6-17H2,1-5H3. The fourth-order valence-electron chi connectivity index (χ4n) is 3.00. The molecule has 0 aliphatic carbocycles. The van der Waals surface area contributed by atoms with Crippen molar-refractivity contribution < 1.29 is 0 Å².